The maximum absolute atomic E-state index is 14.7. The van der Waals surface area contributed by atoms with Crippen LogP contribution in [0.15, 0.2) is 60.8 Å². The number of morpholine rings is 1. The average Bonchev–Trinajstić information content (AvgIpc) is 2.87. The summed E-state index contributed by atoms with van der Waals surface area (Å²) in [7, 11) is 0. The number of carbonyl (C=O) groups is 1. The second kappa shape index (κ2) is 9.59. The van der Waals surface area contributed by atoms with Gasteiger partial charge < -0.3 is 19.7 Å². The molecule has 1 aliphatic heterocycles. The van der Waals surface area contributed by atoms with Crippen LogP contribution < -0.4 is 15.0 Å². The number of ether oxygens (including phenoxy) is 2. The zero-order valence-corrected chi connectivity index (χ0v) is 18.3. The molecular weight excluding hydrogens is 461 g/mol. The SMILES string of the molecule is O=C(Nc1ccc(Oc2ccc3ncc(N4CCOCC4)nc3c2)c(F)c1)c1ccc(F)c(F)c1. The summed E-state index contributed by atoms with van der Waals surface area (Å²) < 4.78 is 52.2. The first-order chi connectivity index (χ1) is 17.0. The molecule has 7 nitrogen and oxygen atoms in total. The van der Waals surface area contributed by atoms with E-state index in [0.29, 0.717) is 30.0 Å². The van der Waals surface area contributed by atoms with Gasteiger partial charge in [-0.2, -0.15) is 0 Å². The van der Waals surface area contributed by atoms with E-state index in [1.54, 1.807) is 24.4 Å². The van der Waals surface area contributed by atoms with E-state index in [0.717, 1.165) is 43.2 Å². The van der Waals surface area contributed by atoms with Gasteiger partial charge in [-0.3, -0.25) is 9.78 Å². The van der Waals surface area contributed by atoms with Gasteiger partial charge in [-0.25, -0.2) is 18.2 Å². The van der Waals surface area contributed by atoms with Gasteiger partial charge in [0.05, 0.1) is 30.4 Å². The van der Waals surface area contributed by atoms with Crippen molar-refractivity contribution >= 4 is 28.4 Å². The summed E-state index contributed by atoms with van der Waals surface area (Å²) in [6.45, 7) is 2.69. The summed E-state index contributed by atoms with van der Waals surface area (Å²) in [5.41, 5.74) is 1.30. The number of amides is 1. The van der Waals surface area contributed by atoms with Gasteiger partial charge >= 0.3 is 0 Å². The second-order valence-corrected chi connectivity index (χ2v) is 7.81. The molecule has 35 heavy (non-hydrogen) atoms. The predicted octanol–water partition coefficient (Wildman–Crippen LogP) is 4.93. The molecule has 4 aromatic rings. The summed E-state index contributed by atoms with van der Waals surface area (Å²) in [5, 5.41) is 2.44. The maximum Gasteiger partial charge on any atom is 0.255 e. The minimum atomic E-state index is -1.15. The molecule has 0 bridgehead atoms. The Morgan fingerprint density at radius 2 is 1.74 bits per heavy atom. The summed E-state index contributed by atoms with van der Waals surface area (Å²) in [6, 6.07) is 11.7. The molecular formula is C25H19F3N4O3. The number of aromatic nitrogens is 2. The number of halogens is 3. The Hall–Kier alpha value is -4.18. The fourth-order valence-corrected chi connectivity index (χ4v) is 3.62. The zero-order valence-electron chi connectivity index (χ0n) is 18.3. The van der Waals surface area contributed by atoms with Gasteiger partial charge in [0.1, 0.15) is 11.6 Å². The minimum absolute atomic E-state index is 0.0625. The predicted molar refractivity (Wildman–Crippen MR) is 123 cm³/mol. The largest absolute Gasteiger partial charge is 0.454 e. The Bertz CT molecular complexity index is 1410. The van der Waals surface area contributed by atoms with Crippen molar-refractivity contribution < 1.29 is 27.4 Å². The smallest absolute Gasteiger partial charge is 0.255 e. The third-order valence-corrected chi connectivity index (χ3v) is 5.44. The molecule has 178 valence electrons. The van der Waals surface area contributed by atoms with Crippen LogP contribution in [-0.4, -0.2) is 42.2 Å². The van der Waals surface area contributed by atoms with Crippen molar-refractivity contribution in [1.82, 2.24) is 9.97 Å². The van der Waals surface area contributed by atoms with Crippen molar-refractivity contribution in [2.75, 3.05) is 36.5 Å². The van der Waals surface area contributed by atoms with E-state index in [4.69, 9.17) is 9.47 Å². The molecule has 1 amide bonds. The lowest BCUT2D eigenvalue weighted by Crippen LogP contribution is -2.36. The third kappa shape index (κ3) is 5.02. The number of hydrogen-bond donors (Lipinski definition) is 1. The highest BCUT2D eigenvalue weighted by atomic mass is 19.2. The van der Waals surface area contributed by atoms with Crippen LogP contribution in [0.25, 0.3) is 11.0 Å². The molecule has 3 aromatic carbocycles. The van der Waals surface area contributed by atoms with Crippen LogP contribution in [0.3, 0.4) is 0 Å². The average molecular weight is 480 g/mol. The zero-order chi connectivity index (χ0) is 24.4. The summed E-state index contributed by atoms with van der Waals surface area (Å²) in [5.74, 6) is -2.61. The van der Waals surface area contributed by atoms with Crippen molar-refractivity contribution in [3.05, 3.63) is 83.8 Å². The number of nitrogens with one attached hydrogen (secondary N) is 1. The maximum atomic E-state index is 14.7. The van der Waals surface area contributed by atoms with Gasteiger partial charge in [0.2, 0.25) is 0 Å². The number of benzene rings is 3. The number of anilines is 2. The quantitative estimate of drug-likeness (QED) is 0.437. The van der Waals surface area contributed by atoms with Crippen molar-refractivity contribution in [3.8, 4) is 11.5 Å². The first-order valence-corrected chi connectivity index (χ1v) is 10.8. The van der Waals surface area contributed by atoms with Gasteiger partial charge in [0, 0.05) is 36.5 Å². The Morgan fingerprint density at radius 1 is 0.914 bits per heavy atom. The summed E-state index contributed by atoms with van der Waals surface area (Å²) in [4.78, 5) is 23.4. The monoisotopic (exact) mass is 480 g/mol. The van der Waals surface area contributed by atoms with Crippen LogP contribution in [-0.2, 0) is 4.74 Å². The molecule has 0 atom stereocenters. The first kappa shape index (κ1) is 22.6. The standard InChI is InChI=1S/C25H19F3N4O3/c26-18-4-1-15(11-19(18)27)25(33)30-16-2-6-23(20(28)12-16)35-17-3-5-21-22(13-17)31-24(14-29-21)32-7-9-34-10-8-32/h1-6,11-14H,7-10H2,(H,30,33). The van der Waals surface area contributed by atoms with Crippen molar-refractivity contribution in [2.45, 2.75) is 0 Å². The molecule has 0 aliphatic carbocycles. The normalized spacial score (nSPS) is 13.6. The lowest BCUT2D eigenvalue weighted by molar-refractivity contribution is 0.102. The number of carbonyl (C=O) groups excluding carboxylic acids is 1. The first-order valence-electron chi connectivity index (χ1n) is 10.8. The molecule has 0 radical (unpaired) electrons. The molecule has 10 heteroatoms. The van der Waals surface area contributed by atoms with Gasteiger partial charge in [0.25, 0.3) is 5.91 Å². The molecule has 1 N–H and O–H groups in total. The van der Waals surface area contributed by atoms with Crippen LogP contribution >= 0.6 is 0 Å². The fraction of sp³-hybridized carbons (Fsp3) is 0.160. The molecule has 0 spiro atoms. The van der Waals surface area contributed by atoms with Crippen molar-refractivity contribution in [1.29, 1.82) is 0 Å². The highest BCUT2D eigenvalue weighted by Crippen LogP contribution is 2.29. The minimum Gasteiger partial charge on any atom is -0.454 e. The van der Waals surface area contributed by atoms with Crippen molar-refractivity contribution in [3.63, 3.8) is 0 Å². The van der Waals surface area contributed by atoms with Crippen LogP contribution in [0.2, 0.25) is 0 Å². The number of fused-ring (bicyclic) bond motifs is 1. The highest BCUT2D eigenvalue weighted by molar-refractivity contribution is 6.04. The number of hydrogen-bond acceptors (Lipinski definition) is 6. The molecule has 1 aromatic heterocycles. The Kier molecular flexibility index (Phi) is 6.19. The topological polar surface area (TPSA) is 76.6 Å². The molecule has 1 fully saturated rings. The molecule has 1 saturated heterocycles. The summed E-state index contributed by atoms with van der Waals surface area (Å²) >= 11 is 0. The van der Waals surface area contributed by atoms with Crippen molar-refractivity contribution in [2.24, 2.45) is 0 Å². The Labute approximate surface area is 198 Å². The van der Waals surface area contributed by atoms with E-state index in [-0.39, 0.29) is 17.0 Å². The van der Waals surface area contributed by atoms with E-state index in [1.165, 1.54) is 12.1 Å². The number of rotatable bonds is 5. The summed E-state index contributed by atoms with van der Waals surface area (Å²) in [6.07, 6.45) is 1.71. The van der Waals surface area contributed by atoms with E-state index >= 15 is 0 Å². The molecule has 0 unspecified atom stereocenters. The molecule has 1 aliphatic rings. The van der Waals surface area contributed by atoms with Gasteiger partial charge in [-0.05, 0) is 42.5 Å². The lowest BCUT2D eigenvalue weighted by Gasteiger charge is -2.27. The molecule has 2 heterocycles. The number of nitrogens with zero attached hydrogens (tertiary/aromatic N) is 3. The van der Waals surface area contributed by atoms with E-state index < -0.39 is 23.4 Å². The van der Waals surface area contributed by atoms with Crippen LogP contribution in [0.5, 0.6) is 11.5 Å². The second-order valence-electron chi connectivity index (χ2n) is 7.81. The lowest BCUT2D eigenvalue weighted by atomic mass is 10.2. The fourth-order valence-electron chi connectivity index (χ4n) is 3.62. The third-order valence-electron chi connectivity index (χ3n) is 5.44. The molecule has 5 rings (SSSR count). The van der Waals surface area contributed by atoms with Crippen LogP contribution in [0, 0.1) is 17.5 Å². The Balaban J connectivity index is 1.31. The van der Waals surface area contributed by atoms with Gasteiger partial charge in [-0.1, -0.05) is 0 Å². The molecule has 0 saturated carbocycles. The van der Waals surface area contributed by atoms with Crippen LogP contribution in [0.4, 0.5) is 24.7 Å². The van der Waals surface area contributed by atoms with Crippen LogP contribution in [0.1, 0.15) is 10.4 Å². The van der Waals surface area contributed by atoms with E-state index in [1.807, 2.05) is 0 Å². The van der Waals surface area contributed by atoms with E-state index in [9.17, 15) is 18.0 Å². The van der Waals surface area contributed by atoms with E-state index in [2.05, 4.69) is 20.2 Å². The van der Waals surface area contributed by atoms with Gasteiger partial charge in [-0.15, -0.1) is 0 Å². The highest BCUT2D eigenvalue weighted by Gasteiger charge is 2.15. The van der Waals surface area contributed by atoms with Gasteiger partial charge in [0.15, 0.2) is 23.2 Å². The Morgan fingerprint density at radius 3 is 2.51 bits per heavy atom.